The number of ether oxygens (including phenoxy) is 1. The Morgan fingerprint density at radius 3 is 2.82 bits per heavy atom. The molecule has 1 aromatic heterocycles. The SMILES string of the molecule is CC(C)Oc1cccc(-n2nn[nH]c2=O)c1I. The zero-order valence-corrected chi connectivity index (χ0v) is 11.5. The summed E-state index contributed by atoms with van der Waals surface area (Å²) in [4.78, 5) is 11.4. The summed E-state index contributed by atoms with van der Waals surface area (Å²) in [5.74, 6) is 0.730. The number of aromatic amines is 1. The minimum atomic E-state index is -0.371. The zero-order chi connectivity index (χ0) is 12.4. The van der Waals surface area contributed by atoms with Crippen LogP contribution >= 0.6 is 22.6 Å². The molecule has 0 spiro atoms. The molecule has 7 heteroatoms. The van der Waals surface area contributed by atoms with Crippen LogP contribution in [0.5, 0.6) is 5.75 Å². The predicted octanol–water partition coefficient (Wildman–Crippen LogP) is 1.35. The maximum atomic E-state index is 11.4. The largest absolute Gasteiger partial charge is 0.490 e. The molecule has 0 saturated heterocycles. The molecule has 0 amide bonds. The number of nitrogens with one attached hydrogen (secondary N) is 1. The van der Waals surface area contributed by atoms with Gasteiger partial charge in [-0.15, -0.1) is 0 Å². The highest BCUT2D eigenvalue weighted by molar-refractivity contribution is 14.1. The van der Waals surface area contributed by atoms with E-state index in [0.717, 1.165) is 9.32 Å². The Labute approximate surface area is 111 Å². The van der Waals surface area contributed by atoms with E-state index < -0.39 is 0 Å². The van der Waals surface area contributed by atoms with Gasteiger partial charge in [-0.05, 0) is 59.0 Å². The van der Waals surface area contributed by atoms with Crippen molar-refractivity contribution >= 4 is 22.6 Å². The van der Waals surface area contributed by atoms with E-state index in [1.807, 2.05) is 26.0 Å². The van der Waals surface area contributed by atoms with Crippen molar-refractivity contribution in [3.63, 3.8) is 0 Å². The van der Waals surface area contributed by atoms with Crippen molar-refractivity contribution in [2.75, 3.05) is 0 Å². The third kappa shape index (κ3) is 2.48. The summed E-state index contributed by atoms with van der Waals surface area (Å²) in [7, 11) is 0. The Kier molecular flexibility index (Phi) is 3.46. The van der Waals surface area contributed by atoms with Gasteiger partial charge >= 0.3 is 5.69 Å². The highest BCUT2D eigenvalue weighted by atomic mass is 127. The van der Waals surface area contributed by atoms with Gasteiger partial charge < -0.3 is 4.74 Å². The number of aromatic nitrogens is 4. The summed E-state index contributed by atoms with van der Waals surface area (Å²) in [5, 5.41) is 9.42. The molecule has 0 aliphatic carbocycles. The number of nitrogens with zero attached hydrogens (tertiary/aromatic N) is 3. The van der Waals surface area contributed by atoms with Crippen molar-refractivity contribution in [1.82, 2.24) is 20.2 Å². The molecule has 2 rings (SSSR count). The van der Waals surface area contributed by atoms with Crippen LogP contribution in [0.25, 0.3) is 5.69 Å². The second kappa shape index (κ2) is 4.86. The minimum Gasteiger partial charge on any atom is -0.490 e. The molecule has 1 aromatic carbocycles. The fourth-order valence-corrected chi connectivity index (χ4v) is 2.08. The maximum Gasteiger partial charge on any atom is 0.365 e. The van der Waals surface area contributed by atoms with Gasteiger partial charge in [-0.3, -0.25) is 0 Å². The molecule has 0 bridgehead atoms. The molecule has 0 aliphatic rings. The molecule has 0 saturated carbocycles. The summed E-state index contributed by atoms with van der Waals surface area (Å²) in [6, 6.07) is 5.46. The number of halogens is 1. The molecule has 6 nitrogen and oxygen atoms in total. The minimum absolute atomic E-state index is 0.0767. The van der Waals surface area contributed by atoms with Crippen LogP contribution in [0.2, 0.25) is 0 Å². The number of benzene rings is 1. The van der Waals surface area contributed by atoms with Crippen molar-refractivity contribution in [3.8, 4) is 11.4 Å². The fraction of sp³-hybridized carbons (Fsp3) is 0.300. The average molecular weight is 346 g/mol. The standard InChI is InChI=1S/C10H11IN4O2/c1-6(2)17-8-5-3-4-7(9(8)11)15-10(16)12-13-14-15/h3-6H,1-2H3,(H,12,14,16). The lowest BCUT2D eigenvalue weighted by Crippen LogP contribution is -2.17. The van der Waals surface area contributed by atoms with Gasteiger partial charge in [0.05, 0.1) is 15.4 Å². The molecular weight excluding hydrogens is 335 g/mol. The van der Waals surface area contributed by atoms with Crippen LogP contribution in [0.4, 0.5) is 0 Å². The van der Waals surface area contributed by atoms with Gasteiger partial charge in [-0.25, -0.2) is 9.89 Å². The molecule has 0 unspecified atom stereocenters. The third-order valence-electron chi connectivity index (χ3n) is 2.01. The van der Waals surface area contributed by atoms with Gasteiger partial charge in [0.25, 0.3) is 0 Å². The van der Waals surface area contributed by atoms with Crippen LogP contribution in [0.1, 0.15) is 13.8 Å². The van der Waals surface area contributed by atoms with E-state index in [9.17, 15) is 4.79 Å². The van der Waals surface area contributed by atoms with Crippen molar-refractivity contribution in [1.29, 1.82) is 0 Å². The maximum absolute atomic E-state index is 11.4. The Balaban J connectivity index is 2.50. The lowest BCUT2D eigenvalue weighted by atomic mass is 10.3. The Morgan fingerprint density at radius 1 is 1.47 bits per heavy atom. The quantitative estimate of drug-likeness (QED) is 0.852. The van der Waals surface area contributed by atoms with E-state index in [2.05, 4.69) is 38.1 Å². The Bertz CT molecular complexity index is 576. The Morgan fingerprint density at radius 2 is 2.24 bits per heavy atom. The molecule has 1 N–H and O–H groups in total. The Hall–Kier alpha value is -1.38. The highest BCUT2D eigenvalue weighted by Gasteiger charge is 2.12. The summed E-state index contributed by atoms with van der Waals surface area (Å²) in [6.45, 7) is 3.90. The van der Waals surface area contributed by atoms with Gasteiger partial charge in [0.2, 0.25) is 0 Å². The van der Waals surface area contributed by atoms with Crippen molar-refractivity contribution in [3.05, 3.63) is 32.3 Å². The van der Waals surface area contributed by atoms with Crippen LogP contribution < -0.4 is 10.4 Å². The average Bonchev–Trinajstić information content (AvgIpc) is 2.67. The topological polar surface area (TPSA) is 72.8 Å². The smallest absolute Gasteiger partial charge is 0.365 e. The van der Waals surface area contributed by atoms with Crippen molar-refractivity contribution in [2.24, 2.45) is 0 Å². The number of hydrogen-bond donors (Lipinski definition) is 1. The molecule has 0 radical (unpaired) electrons. The summed E-state index contributed by atoms with van der Waals surface area (Å²) in [5.41, 5.74) is 0.284. The molecule has 0 aliphatic heterocycles. The summed E-state index contributed by atoms with van der Waals surface area (Å²) >= 11 is 2.13. The number of tetrazole rings is 1. The zero-order valence-electron chi connectivity index (χ0n) is 9.35. The molecule has 2 aromatic rings. The van der Waals surface area contributed by atoms with Gasteiger partial charge in [0, 0.05) is 0 Å². The van der Waals surface area contributed by atoms with E-state index in [0.29, 0.717) is 5.69 Å². The van der Waals surface area contributed by atoms with Crippen molar-refractivity contribution in [2.45, 2.75) is 20.0 Å². The second-order valence-electron chi connectivity index (χ2n) is 3.67. The monoisotopic (exact) mass is 346 g/mol. The van der Waals surface area contributed by atoms with Crippen LogP contribution in [0.15, 0.2) is 23.0 Å². The van der Waals surface area contributed by atoms with Crippen LogP contribution in [0, 0.1) is 3.57 Å². The first-order chi connectivity index (χ1) is 8.09. The number of hydrogen-bond acceptors (Lipinski definition) is 4. The lowest BCUT2D eigenvalue weighted by molar-refractivity contribution is 0.240. The summed E-state index contributed by atoms with van der Waals surface area (Å²) < 4.78 is 7.67. The number of H-pyrrole nitrogens is 1. The second-order valence-corrected chi connectivity index (χ2v) is 4.75. The highest BCUT2D eigenvalue weighted by Crippen LogP contribution is 2.26. The van der Waals surface area contributed by atoms with Crippen LogP contribution in [-0.4, -0.2) is 26.3 Å². The molecular formula is C10H11IN4O2. The first-order valence-electron chi connectivity index (χ1n) is 5.05. The molecule has 90 valence electrons. The van der Waals surface area contributed by atoms with Crippen molar-refractivity contribution < 1.29 is 4.74 Å². The number of rotatable bonds is 3. The molecule has 0 atom stereocenters. The van der Waals surface area contributed by atoms with Crippen LogP contribution in [-0.2, 0) is 0 Å². The predicted molar refractivity (Wildman–Crippen MR) is 70.5 cm³/mol. The molecule has 0 fully saturated rings. The van der Waals surface area contributed by atoms with E-state index in [-0.39, 0.29) is 11.8 Å². The molecule has 1 heterocycles. The van der Waals surface area contributed by atoms with Gasteiger partial charge in [0.1, 0.15) is 5.75 Å². The van der Waals surface area contributed by atoms with Gasteiger partial charge in [-0.2, -0.15) is 4.68 Å². The van der Waals surface area contributed by atoms with E-state index in [1.165, 1.54) is 4.68 Å². The van der Waals surface area contributed by atoms with Gasteiger partial charge in [-0.1, -0.05) is 6.07 Å². The van der Waals surface area contributed by atoms with E-state index in [1.54, 1.807) is 6.07 Å². The van der Waals surface area contributed by atoms with Crippen LogP contribution in [0.3, 0.4) is 0 Å². The third-order valence-corrected chi connectivity index (χ3v) is 3.09. The summed E-state index contributed by atoms with van der Waals surface area (Å²) in [6.07, 6.45) is 0.0767. The van der Waals surface area contributed by atoms with E-state index >= 15 is 0 Å². The fourth-order valence-electron chi connectivity index (χ4n) is 1.36. The van der Waals surface area contributed by atoms with Gasteiger partial charge in [0.15, 0.2) is 0 Å². The van der Waals surface area contributed by atoms with E-state index in [4.69, 9.17) is 4.74 Å². The lowest BCUT2D eigenvalue weighted by Gasteiger charge is -2.13. The molecule has 17 heavy (non-hydrogen) atoms. The normalized spacial score (nSPS) is 10.8. The first kappa shape index (κ1) is 12.1. The first-order valence-corrected chi connectivity index (χ1v) is 6.13.